The van der Waals surface area contributed by atoms with Crippen molar-refractivity contribution in [3.63, 3.8) is 0 Å². The molecular formula is C17H22ClNO3. The Labute approximate surface area is 136 Å². The number of unbranched alkanes of at least 4 members (excludes halogenated alkanes) is 1. The Bertz CT molecular complexity index is 532. The second kappa shape index (κ2) is 8.18. The molecule has 22 heavy (non-hydrogen) atoms. The summed E-state index contributed by atoms with van der Waals surface area (Å²) in [6, 6.07) is 7.98. The SMILES string of the molecule is O=C(O)CCCCC(=O)N1CCCC1Cc1ccccc1Cl. The van der Waals surface area contributed by atoms with Gasteiger partial charge in [-0.1, -0.05) is 29.8 Å². The molecule has 1 aliphatic rings. The molecule has 1 atom stereocenters. The zero-order valence-corrected chi connectivity index (χ0v) is 13.4. The number of carbonyl (C=O) groups excluding carboxylic acids is 1. The van der Waals surface area contributed by atoms with Gasteiger partial charge >= 0.3 is 5.97 Å². The fraction of sp³-hybridized carbons (Fsp3) is 0.529. The van der Waals surface area contributed by atoms with Crippen LogP contribution in [-0.4, -0.2) is 34.5 Å². The van der Waals surface area contributed by atoms with Crippen LogP contribution in [0.3, 0.4) is 0 Å². The van der Waals surface area contributed by atoms with Crippen LogP contribution in [0.25, 0.3) is 0 Å². The lowest BCUT2D eigenvalue weighted by Crippen LogP contribution is -2.36. The maximum absolute atomic E-state index is 12.3. The van der Waals surface area contributed by atoms with Crippen LogP contribution in [0.2, 0.25) is 5.02 Å². The normalized spacial score (nSPS) is 17.7. The van der Waals surface area contributed by atoms with Crippen LogP contribution in [0.5, 0.6) is 0 Å². The lowest BCUT2D eigenvalue weighted by Gasteiger charge is -2.25. The largest absolute Gasteiger partial charge is 0.481 e. The second-order valence-corrected chi connectivity index (χ2v) is 6.19. The molecule has 1 saturated heterocycles. The van der Waals surface area contributed by atoms with Gasteiger partial charge in [-0.05, 0) is 43.7 Å². The minimum atomic E-state index is -0.801. The van der Waals surface area contributed by atoms with E-state index >= 15 is 0 Å². The topological polar surface area (TPSA) is 57.6 Å². The lowest BCUT2D eigenvalue weighted by atomic mass is 10.0. The van der Waals surface area contributed by atoms with Gasteiger partial charge in [0.1, 0.15) is 0 Å². The molecule has 1 aromatic carbocycles. The van der Waals surface area contributed by atoms with Gasteiger partial charge in [-0.3, -0.25) is 9.59 Å². The summed E-state index contributed by atoms with van der Waals surface area (Å²) >= 11 is 6.20. The number of amides is 1. The van der Waals surface area contributed by atoms with Crippen LogP contribution in [0.1, 0.15) is 44.1 Å². The third kappa shape index (κ3) is 4.73. The van der Waals surface area contributed by atoms with Gasteiger partial charge in [0.05, 0.1) is 0 Å². The summed E-state index contributed by atoms with van der Waals surface area (Å²) in [5, 5.41) is 9.37. The molecule has 1 aliphatic heterocycles. The molecule has 1 aromatic rings. The van der Waals surface area contributed by atoms with Crippen LogP contribution in [0.15, 0.2) is 24.3 Å². The van der Waals surface area contributed by atoms with Crippen molar-refractivity contribution in [1.29, 1.82) is 0 Å². The van der Waals surface area contributed by atoms with Gasteiger partial charge < -0.3 is 10.0 Å². The molecule has 4 nitrogen and oxygen atoms in total. The van der Waals surface area contributed by atoms with Crippen LogP contribution in [0.4, 0.5) is 0 Å². The first-order valence-electron chi connectivity index (χ1n) is 7.82. The molecule has 0 aliphatic carbocycles. The molecule has 0 saturated carbocycles. The fourth-order valence-corrected chi connectivity index (χ4v) is 3.20. The summed E-state index contributed by atoms with van der Waals surface area (Å²) in [5.41, 5.74) is 1.08. The zero-order valence-electron chi connectivity index (χ0n) is 12.6. The summed E-state index contributed by atoms with van der Waals surface area (Å²) in [5.74, 6) is -0.662. The van der Waals surface area contributed by atoms with Crippen molar-refractivity contribution < 1.29 is 14.7 Å². The quantitative estimate of drug-likeness (QED) is 0.781. The summed E-state index contributed by atoms with van der Waals surface area (Å²) in [6.45, 7) is 0.798. The molecule has 0 bridgehead atoms. The van der Waals surface area contributed by atoms with Crippen molar-refractivity contribution in [3.8, 4) is 0 Å². The van der Waals surface area contributed by atoms with E-state index in [1.165, 1.54) is 0 Å². The minimum Gasteiger partial charge on any atom is -0.481 e. The zero-order chi connectivity index (χ0) is 15.9. The molecule has 0 spiro atoms. The van der Waals surface area contributed by atoms with Gasteiger partial charge in [-0.2, -0.15) is 0 Å². The number of carbonyl (C=O) groups is 2. The van der Waals surface area contributed by atoms with Crippen molar-refractivity contribution >= 4 is 23.5 Å². The van der Waals surface area contributed by atoms with Crippen molar-refractivity contribution in [1.82, 2.24) is 4.90 Å². The summed E-state index contributed by atoms with van der Waals surface area (Å²) in [6.07, 6.45) is 4.59. The van der Waals surface area contributed by atoms with Crippen LogP contribution < -0.4 is 0 Å². The highest BCUT2D eigenvalue weighted by Crippen LogP contribution is 2.25. The first-order chi connectivity index (χ1) is 10.6. The number of aliphatic carboxylic acids is 1. The van der Waals surface area contributed by atoms with Gasteiger partial charge in [-0.15, -0.1) is 0 Å². The molecule has 120 valence electrons. The second-order valence-electron chi connectivity index (χ2n) is 5.78. The Morgan fingerprint density at radius 2 is 1.95 bits per heavy atom. The van der Waals surface area contributed by atoms with E-state index in [9.17, 15) is 9.59 Å². The maximum Gasteiger partial charge on any atom is 0.303 e. The number of halogens is 1. The molecular weight excluding hydrogens is 302 g/mol. The van der Waals surface area contributed by atoms with E-state index < -0.39 is 5.97 Å². The highest BCUT2D eigenvalue weighted by molar-refractivity contribution is 6.31. The third-order valence-electron chi connectivity index (χ3n) is 4.14. The van der Waals surface area contributed by atoms with E-state index in [2.05, 4.69) is 0 Å². The van der Waals surface area contributed by atoms with Crippen molar-refractivity contribution in [3.05, 3.63) is 34.9 Å². The highest BCUT2D eigenvalue weighted by Gasteiger charge is 2.28. The third-order valence-corrected chi connectivity index (χ3v) is 4.51. The Morgan fingerprint density at radius 1 is 1.23 bits per heavy atom. The number of carboxylic acids is 1. The lowest BCUT2D eigenvalue weighted by molar-refractivity contribution is -0.137. The average Bonchev–Trinajstić information content (AvgIpc) is 2.94. The number of nitrogens with zero attached hydrogens (tertiary/aromatic N) is 1. The van der Waals surface area contributed by atoms with Gasteiger partial charge in [-0.25, -0.2) is 0 Å². The molecule has 1 N–H and O–H groups in total. The van der Waals surface area contributed by atoms with Crippen LogP contribution in [0, 0.1) is 0 Å². The molecule has 2 rings (SSSR count). The van der Waals surface area contributed by atoms with Crippen molar-refractivity contribution in [2.24, 2.45) is 0 Å². The van der Waals surface area contributed by atoms with Gasteiger partial charge in [0.15, 0.2) is 0 Å². The van der Waals surface area contributed by atoms with Gasteiger partial charge in [0.25, 0.3) is 0 Å². The fourth-order valence-electron chi connectivity index (χ4n) is 2.99. The van der Waals surface area contributed by atoms with E-state index in [-0.39, 0.29) is 18.4 Å². The van der Waals surface area contributed by atoms with E-state index in [0.717, 1.165) is 36.4 Å². The summed E-state index contributed by atoms with van der Waals surface area (Å²) < 4.78 is 0. The number of rotatable bonds is 7. The predicted molar refractivity (Wildman–Crippen MR) is 86.0 cm³/mol. The van der Waals surface area contributed by atoms with Gasteiger partial charge in [0.2, 0.25) is 5.91 Å². The van der Waals surface area contributed by atoms with E-state index in [4.69, 9.17) is 16.7 Å². The number of carboxylic acid groups (broad SMARTS) is 1. The van der Waals surface area contributed by atoms with E-state index in [1.807, 2.05) is 29.2 Å². The first kappa shape index (κ1) is 16.8. The smallest absolute Gasteiger partial charge is 0.303 e. The standard InChI is InChI=1S/C17H22ClNO3/c18-15-8-2-1-6-13(15)12-14-7-5-11-19(14)16(20)9-3-4-10-17(21)22/h1-2,6,8,14H,3-5,7,9-12H2,(H,21,22). The monoisotopic (exact) mass is 323 g/mol. The van der Waals surface area contributed by atoms with Gasteiger partial charge in [0, 0.05) is 30.5 Å². The molecule has 1 fully saturated rings. The summed E-state index contributed by atoms with van der Waals surface area (Å²) in [7, 11) is 0. The number of likely N-dealkylation sites (tertiary alicyclic amines) is 1. The number of benzene rings is 1. The first-order valence-corrected chi connectivity index (χ1v) is 8.20. The Kier molecular flexibility index (Phi) is 6.25. The predicted octanol–water partition coefficient (Wildman–Crippen LogP) is 3.52. The van der Waals surface area contributed by atoms with Crippen LogP contribution in [-0.2, 0) is 16.0 Å². The molecule has 5 heteroatoms. The minimum absolute atomic E-state index is 0.135. The Balaban J connectivity index is 1.86. The molecule has 1 unspecified atom stereocenters. The van der Waals surface area contributed by atoms with E-state index in [0.29, 0.717) is 19.3 Å². The molecule has 0 radical (unpaired) electrons. The Hall–Kier alpha value is -1.55. The van der Waals surface area contributed by atoms with Crippen molar-refractivity contribution in [2.75, 3.05) is 6.54 Å². The van der Waals surface area contributed by atoms with E-state index in [1.54, 1.807) is 0 Å². The highest BCUT2D eigenvalue weighted by atomic mass is 35.5. The molecule has 0 aromatic heterocycles. The number of hydrogen-bond donors (Lipinski definition) is 1. The average molecular weight is 324 g/mol. The van der Waals surface area contributed by atoms with Crippen LogP contribution >= 0.6 is 11.6 Å². The maximum atomic E-state index is 12.3. The van der Waals surface area contributed by atoms with Crippen molar-refractivity contribution in [2.45, 2.75) is 51.0 Å². The Morgan fingerprint density at radius 3 is 2.68 bits per heavy atom. The summed E-state index contributed by atoms with van der Waals surface area (Å²) in [4.78, 5) is 24.7. The molecule has 1 heterocycles. The number of hydrogen-bond acceptors (Lipinski definition) is 2. The molecule has 1 amide bonds.